The zero-order valence-corrected chi connectivity index (χ0v) is 16.4. The first kappa shape index (κ1) is 20.9. The van der Waals surface area contributed by atoms with E-state index in [9.17, 15) is 14.0 Å². The van der Waals surface area contributed by atoms with Crippen molar-refractivity contribution in [3.05, 3.63) is 46.9 Å². The molecule has 1 aliphatic heterocycles. The molecule has 1 heterocycles. The molecule has 1 unspecified atom stereocenters. The summed E-state index contributed by atoms with van der Waals surface area (Å²) in [7, 11) is 1.95. The SMILES string of the molecule is CCCN(C)CC1=C(C(=O)OCC)C(c2ccc(F)cc2)NC(=O)N1CC. The summed E-state index contributed by atoms with van der Waals surface area (Å²) in [5, 5.41) is 2.87. The molecule has 1 aromatic carbocycles. The molecule has 0 fully saturated rings. The summed E-state index contributed by atoms with van der Waals surface area (Å²) in [5.74, 6) is -0.842. The van der Waals surface area contributed by atoms with Crippen LogP contribution in [0.2, 0.25) is 0 Å². The first-order valence-corrected chi connectivity index (χ1v) is 9.35. The van der Waals surface area contributed by atoms with Crippen LogP contribution >= 0.6 is 0 Å². The van der Waals surface area contributed by atoms with Crippen molar-refractivity contribution in [2.45, 2.75) is 33.2 Å². The predicted octanol–water partition coefficient (Wildman–Crippen LogP) is 3.07. The quantitative estimate of drug-likeness (QED) is 0.708. The number of nitrogens with zero attached hydrogens (tertiary/aromatic N) is 2. The van der Waals surface area contributed by atoms with Gasteiger partial charge in [0.15, 0.2) is 0 Å². The van der Waals surface area contributed by atoms with Gasteiger partial charge in [-0.25, -0.2) is 14.0 Å². The number of likely N-dealkylation sites (N-methyl/N-ethyl adjacent to an activating group) is 2. The van der Waals surface area contributed by atoms with Gasteiger partial charge in [-0.1, -0.05) is 19.1 Å². The van der Waals surface area contributed by atoms with Gasteiger partial charge in [0.05, 0.1) is 18.2 Å². The van der Waals surface area contributed by atoms with E-state index in [-0.39, 0.29) is 18.5 Å². The number of esters is 1. The first-order valence-electron chi connectivity index (χ1n) is 9.35. The van der Waals surface area contributed by atoms with Crippen LogP contribution in [-0.4, -0.2) is 55.1 Å². The Hall–Kier alpha value is -2.41. The molecule has 0 aliphatic carbocycles. The van der Waals surface area contributed by atoms with E-state index < -0.39 is 12.0 Å². The fraction of sp³-hybridized carbons (Fsp3) is 0.500. The van der Waals surface area contributed by atoms with Gasteiger partial charge in [-0.3, -0.25) is 4.90 Å². The van der Waals surface area contributed by atoms with Gasteiger partial charge in [-0.15, -0.1) is 0 Å². The van der Waals surface area contributed by atoms with Crippen LogP contribution in [0, 0.1) is 5.82 Å². The van der Waals surface area contributed by atoms with Crippen LogP contribution in [0.15, 0.2) is 35.5 Å². The minimum absolute atomic E-state index is 0.233. The summed E-state index contributed by atoms with van der Waals surface area (Å²) < 4.78 is 18.6. The molecule has 148 valence electrons. The highest BCUT2D eigenvalue weighted by Crippen LogP contribution is 2.32. The van der Waals surface area contributed by atoms with Crippen molar-refractivity contribution < 1.29 is 18.7 Å². The Bertz CT molecular complexity index is 703. The molecule has 27 heavy (non-hydrogen) atoms. The van der Waals surface area contributed by atoms with Crippen LogP contribution in [0.25, 0.3) is 0 Å². The lowest BCUT2D eigenvalue weighted by Gasteiger charge is -2.37. The Morgan fingerprint density at radius 3 is 2.48 bits per heavy atom. The molecule has 0 aromatic heterocycles. The van der Waals surface area contributed by atoms with Crippen molar-refractivity contribution in [2.24, 2.45) is 0 Å². The standard InChI is InChI=1S/C20H28FN3O3/c1-5-12-23(4)13-16-17(19(25)27-7-3)18(22-20(26)24(16)6-2)14-8-10-15(21)11-9-14/h8-11,18H,5-7,12-13H2,1-4H3,(H,22,26). The third kappa shape index (κ3) is 4.86. The Balaban J connectivity index is 2.57. The minimum Gasteiger partial charge on any atom is -0.463 e. The second-order valence-corrected chi connectivity index (χ2v) is 6.50. The maximum atomic E-state index is 13.4. The van der Waals surface area contributed by atoms with Gasteiger partial charge < -0.3 is 15.0 Å². The van der Waals surface area contributed by atoms with Gasteiger partial charge in [0.1, 0.15) is 5.82 Å². The molecule has 0 saturated heterocycles. The van der Waals surface area contributed by atoms with Crippen molar-refractivity contribution in [1.82, 2.24) is 15.1 Å². The summed E-state index contributed by atoms with van der Waals surface area (Å²) in [5.41, 5.74) is 1.66. The molecule has 0 spiro atoms. The molecule has 6 nitrogen and oxygen atoms in total. The van der Waals surface area contributed by atoms with Gasteiger partial charge in [0.25, 0.3) is 0 Å². The fourth-order valence-electron chi connectivity index (χ4n) is 3.28. The molecule has 1 N–H and O–H groups in total. The van der Waals surface area contributed by atoms with E-state index >= 15 is 0 Å². The van der Waals surface area contributed by atoms with E-state index in [0.29, 0.717) is 29.9 Å². The highest BCUT2D eigenvalue weighted by molar-refractivity contribution is 5.95. The van der Waals surface area contributed by atoms with E-state index in [1.807, 2.05) is 14.0 Å². The van der Waals surface area contributed by atoms with Crippen molar-refractivity contribution in [3.8, 4) is 0 Å². The number of ether oxygens (including phenoxy) is 1. The highest BCUT2D eigenvalue weighted by atomic mass is 19.1. The number of benzene rings is 1. The van der Waals surface area contributed by atoms with Crippen molar-refractivity contribution in [2.75, 3.05) is 33.3 Å². The van der Waals surface area contributed by atoms with Crippen LogP contribution in [-0.2, 0) is 9.53 Å². The van der Waals surface area contributed by atoms with Gasteiger partial charge >= 0.3 is 12.0 Å². The second-order valence-electron chi connectivity index (χ2n) is 6.50. The molecule has 7 heteroatoms. The summed E-state index contributed by atoms with van der Waals surface area (Å²) in [6.07, 6.45) is 0.957. The lowest BCUT2D eigenvalue weighted by Crippen LogP contribution is -2.50. The van der Waals surface area contributed by atoms with E-state index in [1.54, 1.807) is 24.0 Å². The van der Waals surface area contributed by atoms with Gasteiger partial charge in [0, 0.05) is 18.8 Å². The first-order chi connectivity index (χ1) is 12.9. The summed E-state index contributed by atoms with van der Waals surface area (Å²) >= 11 is 0. The summed E-state index contributed by atoms with van der Waals surface area (Å²) in [4.78, 5) is 29.1. The number of halogens is 1. The second kappa shape index (κ2) is 9.50. The van der Waals surface area contributed by atoms with Crippen LogP contribution in [0.5, 0.6) is 0 Å². The van der Waals surface area contributed by atoms with E-state index in [4.69, 9.17) is 4.74 Å². The molecule has 1 atom stereocenters. The van der Waals surface area contributed by atoms with Crippen LogP contribution in [0.3, 0.4) is 0 Å². The largest absolute Gasteiger partial charge is 0.463 e. The number of hydrogen-bond donors (Lipinski definition) is 1. The van der Waals surface area contributed by atoms with E-state index in [1.165, 1.54) is 12.1 Å². The summed E-state index contributed by atoms with van der Waals surface area (Å²) in [6.45, 7) is 7.62. The summed E-state index contributed by atoms with van der Waals surface area (Å²) in [6, 6.07) is 4.84. The van der Waals surface area contributed by atoms with Crippen molar-refractivity contribution in [3.63, 3.8) is 0 Å². The number of carbonyl (C=O) groups excluding carboxylic acids is 2. The number of amides is 2. The third-order valence-electron chi connectivity index (χ3n) is 4.48. The number of hydrogen-bond acceptors (Lipinski definition) is 4. The smallest absolute Gasteiger partial charge is 0.338 e. The lowest BCUT2D eigenvalue weighted by atomic mass is 9.94. The Kier molecular flexibility index (Phi) is 7.36. The Morgan fingerprint density at radius 1 is 1.26 bits per heavy atom. The molecule has 1 aromatic rings. The zero-order valence-electron chi connectivity index (χ0n) is 16.4. The number of carbonyl (C=O) groups is 2. The molecular weight excluding hydrogens is 349 g/mol. The number of rotatable bonds is 8. The third-order valence-corrected chi connectivity index (χ3v) is 4.48. The average molecular weight is 377 g/mol. The Morgan fingerprint density at radius 2 is 1.93 bits per heavy atom. The highest BCUT2D eigenvalue weighted by Gasteiger charge is 2.37. The lowest BCUT2D eigenvalue weighted by molar-refractivity contribution is -0.139. The predicted molar refractivity (Wildman–Crippen MR) is 101 cm³/mol. The van der Waals surface area contributed by atoms with E-state index in [0.717, 1.165) is 13.0 Å². The van der Waals surface area contributed by atoms with Crippen LogP contribution in [0.4, 0.5) is 9.18 Å². The molecular formula is C20H28FN3O3. The average Bonchev–Trinajstić information content (AvgIpc) is 2.62. The monoisotopic (exact) mass is 377 g/mol. The van der Waals surface area contributed by atoms with E-state index in [2.05, 4.69) is 17.1 Å². The van der Waals surface area contributed by atoms with Crippen molar-refractivity contribution in [1.29, 1.82) is 0 Å². The molecule has 2 amide bonds. The molecule has 0 saturated carbocycles. The number of nitrogens with one attached hydrogen (secondary N) is 1. The molecule has 2 rings (SSSR count). The number of urea groups is 1. The fourth-order valence-corrected chi connectivity index (χ4v) is 3.28. The van der Waals surface area contributed by atoms with Gasteiger partial charge in [0.2, 0.25) is 0 Å². The van der Waals surface area contributed by atoms with Crippen molar-refractivity contribution >= 4 is 12.0 Å². The van der Waals surface area contributed by atoms with Crippen LogP contribution < -0.4 is 5.32 Å². The van der Waals surface area contributed by atoms with Gasteiger partial charge in [-0.05, 0) is 51.6 Å². The maximum Gasteiger partial charge on any atom is 0.338 e. The topological polar surface area (TPSA) is 61.9 Å². The van der Waals surface area contributed by atoms with Gasteiger partial charge in [-0.2, -0.15) is 0 Å². The molecule has 0 radical (unpaired) electrons. The van der Waals surface area contributed by atoms with Crippen LogP contribution in [0.1, 0.15) is 38.8 Å². The molecule has 0 bridgehead atoms. The minimum atomic E-state index is -0.676. The molecule has 1 aliphatic rings. The normalized spacial score (nSPS) is 17.3. The Labute approximate surface area is 160 Å². The maximum absolute atomic E-state index is 13.4. The zero-order chi connectivity index (χ0) is 20.0.